The van der Waals surface area contributed by atoms with Gasteiger partial charge in [0.1, 0.15) is 11.4 Å². The monoisotopic (exact) mass is 396 g/mol. The number of amides is 2. The summed E-state index contributed by atoms with van der Waals surface area (Å²) in [5.41, 5.74) is 1.09. The van der Waals surface area contributed by atoms with Crippen LogP contribution in [0.2, 0.25) is 0 Å². The molecule has 0 saturated heterocycles. The van der Waals surface area contributed by atoms with Gasteiger partial charge in [-0.05, 0) is 37.6 Å². The van der Waals surface area contributed by atoms with Crippen molar-refractivity contribution in [2.75, 3.05) is 11.9 Å². The van der Waals surface area contributed by atoms with Crippen molar-refractivity contribution in [3.05, 3.63) is 47.3 Å². The lowest BCUT2D eigenvalue weighted by molar-refractivity contribution is -0.153. The Morgan fingerprint density at radius 2 is 1.93 bits per heavy atom. The van der Waals surface area contributed by atoms with Crippen molar-refractivity contribution >= 4 is 17.8 Å². The molecular weight excluding hydrogens is 377 g/mol. The molecule has 2 aromatic rings. The van der Waals surface area contributed by atoms with Crippen molar-refractivity contribution in [1.82, 2.24) is 15.3 Å². The van der Waals surface area contributed by atoms with Crippen LogP contribution in [0.25, 0.3) is 0 Å². The Morgan fingerprint density at radius 3 is 2.57 bits per heavy atom. The van der Waals surface area contributed by atoms with Gasteiger partial charge in [-0.3, -0.25) is 14.9 Å². The molecule has 0 aliphatic heterocycles. The molecule has 0 fully saturated rings. The molecule has 0 bridgehead atoms. The summed E-state index contributed by atoms with van der Waals surface area (Å²) in [6.45, 7) is 3.21. The average Bonchev–Trinajstić information content (AvgIpc) is 2.58. The van der Waals surface area contributed by atoms with E-state index in [-0.39, 0.29) is 23.3 Å². The van der Waals surface area contributed by atoms with Crippen LogP contribution in [-0.2, 0) is 4.79 Å². The minimum Gasteiger partial charge on any atom is -0.484 e. The minimum atomic E-state index is -4.44. The Morgan fingerprint density at radius 1 is 1.21 bits per heavy atom. The Kier molecular flexibility index (Phi) is 6.55. The van der Waals surface area contributed by atoms with Crippen molar-refractivity contribution in [3.63, 3.8) is 0 Å². The number of rotatable bonds is 6. The van der Waals surface area contributed by atoms with Crippen LogP contribution in [0, 0.1) is 6.92 Å². The molecular formula is C18H19F3N4O3. The highest BCUT2D eigenvalue weighted by Gasteiger charge is 2.28. The molecule has 2 N–H and O–H groups in total. The molecule has 0 radical (unpaired) electrons. The number of halogens is 3. The molecule has 1 atom stereocenters. The van der Waals surface area contributed by atoms with E-state index in [0.29, 0.717) is 11.3 Å². The van der Waals surface area contributed by atoms with Crippen molar-refractivity contribution in [2.24, 2.45) is 0 Å². The highest BCUT2D eigenvalue weighted by atomic mass is 19.4. The number of aryl methyl sites for hydroxylation is 1. The molecule has 1 aromatic carbocycles. The quantitative estimate of drug-likeness (QED) is 0.782. The number of nitrogens with zero attached hydrogens (tertiary/aromatic N) is 2. The Labute approximate surface area is 159 Å². The highest BCUT2D eigenvalue weighted by Crippen LogP contribution is 2.22. The van der Waals surface area contributed by atoms with Gasteiger partial charge in [-0.1, -0.05) is 12.1 Å². The lowest BCUT2D eigenvalue weighted by atomic mass is 10.1. The number of aromatic nitrogens is 2. The molecule has 2 rings (SSSR count). The lowest BCUT2D eigenvalue weighted by Crippen LogP contribution is -2.28. The van der Waals surface area contributed by atoms with E-state index in [9.17, 15) is 22.8 Å². The van der Waals surface area contributed by atoms with E-state index in [1.54, 1.807) is 19.9 Å². The van der Waals surface area contributed by atoms with Crippen LogP contribution in [0.3, 0.4) is 0 Å². The summed E-state index contributed by atoms with van der Waals surface area (Å²) in [6.07, 6.45) is -4.44. The van der Waals surface area contributed by atoms with Crippen LogP contribution in [0.15, 0.2) is 30.3 Å². The SMILES string of the molecule is CC(=O)Nc1nc(C)cc(C(=O)NC(C)c2cccc(OCC(F)(F)F)c2)n1. The van der Waals surface area contributed by atoms with Gasteiger partial charge in [-0.2, -0.15) is 13.2 Å². The first kappa shape index (κ1) is 21.1. The van der Waals surface area contributed by atoms with E-state index < -0.39 is 24.7 Å². The summed E-state index contributed by atoms with van der Waals surface area (Å²) in [7, 11) is 0. The number of alkyl halides is 3. The fraction of sp³-hybridized carbons (Fsp3) is 0.333. The van der Waals surface area contributed by atoms with Gasteiger partial charge >= 0.3 is 6.18 Å². The lowest BCUT2D eigenvalue weighted by Gasteiger charge is -2.16. The van der Waals surface area contributed by atoms with Gasteiger partial charge in [0.25, 0.3) is 5.91 Å². The van der Waals surface area contributed by atoms with E-state index in [0.717, 1.165) is 0 Å². The first-order chi connectivity index (χ1) is 13.0. The average molecular weight is 396 g/mol. The van der Waals surface area contributed by atoms with Crippen molar-refractivity contribution in [2.45, 2.75) is 33.0 Å². The van der Waals surface area contributed by atoms with Gasteiger partial charge in [0.2, 0.25) is 11.9 Å². The smallest absolute Gasteiger partial charge is 0.422 e. The Bertz CT molecular complexity index is 871. The summed E-state index contributed by atoms with van der Waals surface area (Å²) in [6, 6.07) is 6.94. The largest absolute Gasteiger partial charge is 0.484 e. The number of benzene rings is 1. The molecule has 7 nitrogen and oxygen atoms in total. The molecule has 0 saturated carbocycles. The highest BCUT2D eigenvalue weighted by molar-refractivity contribution is 5.93. The zero-order chi connectivity index (χ0) is 20.9. The van der Waals surface area contributed by atoms with E-state index in [2.05, 4.69) is 20.6 Å². The van der Waals surface area contributed by atoms with Crippen LogP contribution in [-0.4, -0.2) is 34.6 Å². The summed E-state index contributed by atoms with van der Waals surface area (Å²) in [5.74, 6) is -0.846. The zero-order valence-corrected chi connectivity index (χ0v) is 15.4. The van der Waals surface area contributed by atoms with E-state index in [4.69, 9.17) is 4.74 Å². The normalized spacial score (nSPS) is 12.2. The van der Waals surface area contributed by atoms with Gasteiger partial charge in [-0.25, -0.2) is 9.97 Å². The van der Waals surface area contributed by atoms with Crippen LogP contribution in [0.1, 0.15) is 41.6 Å². The topological polar surface area (TPSA) is 93.2 Å². The maximum atomic E-state index is 12.5. The molecule has 1 unspecified atom stereocenters. The second-order valence-corrected chi connectivity index (χ2v) is 6.07. The van der Waals surface area contributed by atoms with E-state index in [1.165, 1.54) is 31.2 Å². The number of anilines is 1. The maximum absolute atomic E-state index is 12.5. The van der Waals surface area contributed by atoms with Crippen LogP contribution in [0.5, 0.6) is 5.75 Å². The molecule has 1 heterocycles. The second-order valence-electron chi connectivity index (χ2n) is 6.07. The molecule has 150 valence electrons. The zero-order valence-electron chi connectivity index (χ0n) is 15.4. The first-order valence-electron chi connectivity index (χ1n) is 8.27. The molecule has 0 spiro atoms. The van der Waals surface area contributed by atoms with Gasteiger partial charge in [0.05, 0.1) is 6.04 Å². The summed E-state index contributed by atoms with van der Waals surface area (Å²) >= 11 is 0. The predicted molar refractivity (Wildman–Crippen MR) is 94.9 cm³/mol. The third kappa shape index (κ3) is 6.53. The number of hydrogen-bond acceptors (Lipinski definition) is 5. The number of carbonyl (C=O) groups excluding carboxylic acids is 2. The predicted octanol–water partition coefficient (Wildman–Crippen LogP) is 3.18. The van der Waals surface area contributed by atoms with Crippen LogP contribution in [0.4, 0.5) is 19.1 Å². The number of ether oxygens (including phenoxy) is 1. The van der Waals surface area contributed by atoms with Crippen molar-refractivity contribution < 1.29 is 27.5 Å². The first-order valence-corrected chi connectivity index (χ1v) is 8.27. The third-order valence-electron chi connectivity index (χ3n) is 3.48. The molecule has 2 amide bonds. The van der Waals surface area contributed by atoms with E-state index >= 15 is 0 Å². The Balaban J connectivity index is 2.10. The molecule has 10 heteroatoms. The summed E-state index contributed by atoms with van der Waals surface area (Å²) < 4.78 is 41.6. The fourth-order valence-corrected chi connectivity index (χ4v) is 2.29. The van der Waals surface area contributed by atoms with Gasteiger partial charge in [-0.15, -0.1) is 0 Å². The standard InChI is InChI=1S/C18H19F3N4O3/c1-10-7-15(25-17(22-10)24-12(3)26)16(27)23-11(2)13-5-4-6-14(8-13)28-9-18(19,20)21/h4-8,11H,9H2,1-3H3,(H,23,27)(H,22,24,25,26). The molecule has 28 heavy (non-hydrogen) atoms. The van der Waals surface area contributed by atoms with Crippen LogP contribution >= 0.6 is 0 Å². The maximum Gasteiger partial charge on any atom is 0.422 e. The molecule has 1 aromatic heterocycles. The number of hydrogen-bond donors (Lipinski definition) is 2. The van der Waals surface area contributed by atoms with Crippen molar-refractivity contribution in [1.29, 1.82) is 0 Å². The second kappa shape index (κ2) is 8.68. The van der Waals surface area contributed by atoms with Gasteiger partial charge < -0.3 is 10.1 Å². The summed E-state index contributed by atoms with van der Waals surface area (Å²) in [4.78, 5) is 31.6. The fourth-order valence-electron chi connectivity index (χ4n) is 2.29. The molecule has 0 aliphatic carbocycles. The van der Waals surface area contributed by atoms with Gasteiger partial charge in [0, 0.05) is 12.6 Å². The summed E-state index contributed by atoms with van der Waals surface area (Å²) in [5, 5.41) is 5.11. The number of carbonyl (C=O) groups is 2. The minimum absolute atomic E-state index is 0.00727. The third-order valence-corrected chi connectivity index (χ3v) is 3.48. The number of nitrogens with one attached hydrogen (secondary N) is 2. The van der Waals surface area contributed by atoms with E-state index in [1.807, 2.05) is 0 Å². The van der Waals surface area contributed by atoms with Crippen LogP contribution < -0.4 is 15.4 Å². The molecule has 0 aliphatic rings. The van der Waals surface area contributed by atoms with Crippen molar-refractivity contribution in [3.8, 4) is 5.75 Å². The Hall–Kier alpha value is -3.17. The van der Waals surface area contributed by atoms with Gasteiger partial charge in [0.15, 0.2) is 6.61 Å².